The third-order valence-corrected chi connectivity index (χ3v) is 3.15. The predicted octanol–water partition coefficient (Wildman–Crippen LogP) is -0.354. The number of piperidine rings is 1. The van der Waals surface area contributed by atoms with Gasteiger partial charge >= 0.3 is 0 Å². The van der Waals surface area contributed by atoms with E-state index in [0.717, 1.165) is 19.0 Å². The molecule has 3 unspecified atom stereocenters. The summed E-state index contributed by atoms with van der Waals surface area (Å²) in [5.41, 5.74) is 5.83. The van der Waals surface area contributed by atoms with E-state index in [-0.39, 0.29) is 12.1 Å². The molecule has 1 aliphatic carbocycles. The fraction of sp³-hybridized carbons (Fsp3) is 1.00. The summed E-state index contributed by atoms with van der Waals surface area (Å²) >= 11 is 0. The molecule has 0 amide bonds. The standard InChI is InChI=1S/C9H18N2O/c1-11-4-7(6-2-3-6)9(12)8(10)5-11/h6-9,12H,2-5,10H2,1H3. The first-order valence-electron chi connectivity index (χ1n) is 4.80. The van der Waals surface area contributed by atoms with Crippen LogP contribution in [0.4, 0.5) is 0 Å². The van der Waals surface area contributed by atoms with Gasteiger partial charge in [0.05, 0.1) is 6.10 Å². The molecule has 1 aliphatic heterocycles. The van der Waals surface area contributed by atoms with E-state index >= 15 is 0 Å². The number of likely N-dealkylation sites (N-methyl/N-ethyl adjacent to an activating group) is 1. The number of rotatable bonds is 1. The fourth-order valence-corrected chi connectivity index (χ4v) is 2.28. The van der Waals surface area contributed by atoms with Crippen molar-refractivity contribution in [1.82, 2.24) is 4.90 Å². The molecule has 0 radical (unpaired) electrons. The molecule has 3 atom stereocenters. The molecule has 0 bridgehead atoms. The van der Waals surface area contributed by atoms with Gasteiger partial charge in [-0.3, -0.25) is 0 Å². The number of aliphatic hydroxyl groups is 1. The molecule has 3 N–H and O–H groups in total. The van der Waals surface area contributed by atoms with Gasteiger partial charge in [-0.25, -0.2) is 0 Å². The van der Waals surface area contributed by atoms with Crippen LogP contribution in [0, 0.1) is 11.8 Å². The average molecular weight is 170 g/mol. The van der Waals surface area contributed by atoms with Gasteiger partial charge in [0.2, 0.25) is 0 Å². The third kappa shape index (κ3) is 1.49. The van der Waals surface area contributed by atoms with Gasteiger partial charge < -0.3 is 15.7 Å². The molecule has 0 aromatic rings. The van der Waals surface area contributed by atoms with E-state index in [9.17, 15) is 5.11 Å². The molecule has 1 saturated heterocycles. The predicted molar refractivity (Wildman–Crippen MR) is 47.7 cm³/mol. The summed E-state index contributed by atoms with van der Waals surface area (Å²) in [7, 11) is 2.08. The van der Waals surface area contributed by atoms with Crippen LogP contribution in [0.3, 0.4) is 0 Å². The van der Waals surface area contributed by atoms with Gasteiger partial charge in [0, 0.05) is 25.0 Å². The quantitative estimate of drug-likeness (QED) is 0.565. The van der Waals surface area contributed by atoms with Crippen LogP contribution in [0.5, 0.6) is 0 Å². The van der Waals surface area contributed by atoms with Gasteiger partial charge in [-0.2, -0.15) is 0 Å². The van der Waals surface area contributed by atoms with Gasteiger partial charge in [0.25, 0.3) is 0 Å². The first-order valence-corrected chi connectivity index (χ1v) is 4.80. The third-order valence-electron chi connectivity index (χ3n) is 3.15. The van der Waals surface area contributed by atoms with Crippen LogP contribution >= 0.6 is 0 Å². The second kappa shape index (κ2) is 2.98. The minimum absolute atomic E-state index is 0.0330. The number of aliphatic hydroxyl groups excluding tert-OH is 1. The molecule has 1 saturated carbocycles. The normalized spacial score (nSPS) is 44.8. The lowest BCUT2D eigenvalue weighted by atomic mass is 9.88. The largest absolute Gasteiger partial charge is 0.391 e. The van der Waals surface area contributed by atoms with E-state index in [1.807, 2.05) is 0 Å². The van der Waals surface area contributed by atoms with E-state index in [4.69, 9.17) is 5.73 Å². The van der Waals surface area contributed by atoms with E-state index in [2.05, 4.69) is 11.9 Å². The van der Waals surface area contributed by atoms with Crippen molar-refractivity contribution in [2.75, 3.05) is 20.1 Å². The Kier molecular flexibility index (Phi) is 2.10. The molecule has 3 nitrogen and oxygen atoms in total. The lowest BCUT2D eigenvalue weighted by Crippen LogP contribution is -2.55. The smallest absolute Gasteiger partial charge is 0.0746 e. The van der Waals surface area contributed by atoms with E-state index in [1.54, 1.807) is 0 Å². The van der Waals surface area contributed by atoms with Crippen LogP contribution in [0.2, 0.25) is 0 Å². The number of likely N-dealkylation sites (tertiary alicyclic amines) is 1. The number of nitrogens with zero attached hydrogens (tertiary/aromatic N) is 1. The second-order valence-corrected chi connectivity index (χ2v) is 4.38. The molecule has 0 aromatic carbocycles. The van der Waals surface area contributed by atoms with Gasteiger partial charge in [-0.05, 0) is 25.8 Å². The molecule has 2 aliphatic rings. The maximum absolute atomic E-state index is 9.81. The molecular formula is C9H18N2O. The van der Waals surface area contributed by atoms with Crippen LogP contribution < -0.4 is 5.73 Å². The lowest BCUT2D eigenvalue weighted by Gasteiger charge is -2.38. The van der Waals surface area contributed by atoms with Crippen molar-refractivity contribution in [3.05, 3.63) is 0 Å². The van der Waals surface area contributed by atoms with Gasteiger partial charge in [-0.1, -0.05) is 0 Å². The SMILES string of the molecule is CN1CC(N)C(O)C(C2CC2)C1. The molecule has 0 aromatic heterocycles. The van der Waals surface area contributed by atoms with E-state index in [1.165, 1.54) is 12.8 Å². The Morgan fingerprint density at radius 1 is 1.33 bits per heavy atom. The molecule has 2 fully saturated rings. The summed E-state index contributed by atoms with van der Waals surface area (Å²) in [5, 5.41) is 9.81. The van der Waals surface area contributed by atoms with Gasteiger partial charge in [0.15, 0.2) is 0 Å². The van der Waals surface area contributed by atoms with Crippen molar-refractivity contribution < 1.29 is 5.11 Å². The van der Waals surface area contributed by atoms with Crippen LogP contribution in [-0.4, -0.2) is 42.3 Å². The zero-order chi connectivity index (χ0) is 8.72. The highest BCUT2D eigenvalue weighted by Gasteiger charge is 2.41. The Morgan fingerprint density at radius 2 is 2.00 bits per heavy atom. The molecule has 1 heterocycles. The first-order chi connectivity index (χ1) is 5.68. The highest BCUT2D eigenvalue weighted by atomic mass is 16.3. The highest BCUT2D eigenvalue weighted by molar-refractivity contribution is 4.95. The summed E-state index contributed by atoms with van der Waals surface area (Å²) in [5.74, 6) is 1.20. The number of hydrogen-bond acceptors (Lipinski definition) is 3. The van der Waals surface area contributed by atoms with E-state index in [0.29, 0.717) is 5.92 Å². The molecule has 0 spiro atoms. The molecule has 3 heteroatoms. The Labute approximate surface area is 73.5 Å². The minimum Gasteiger partial charge on any atom is -0.391 e. The van der Waals surface area contributed by atoms with Gasteiger partial charge in [-0.15, -0.1) is 0 Å². The molecule has 70 valence electrons. The number of nitrogens with two attached hydrogens (primary N) is 1. The molecule has 12 heavy (non-hydrogen) atoms. The van der Waals surface area contributed by atoms with Crippen LogP contribution in [0.15, 0.2) is 0 Å². The fourth-order valence-electron chi connectivity index (χ4n) is 2.28. The summed E-state index contributed by atoms with van der Waals surface area (Å²) < 4.78 is 0. The monoisotopic (exact) mass is 170 g/mol. The Morgan fingerprint density at radius 3 is 2.58 bits per heavy atom. The lowest BCUT2D eigenvalue weighted by molar-refractivity contribution is 0.00909. The second-order valence-electron chi connectivity index (χ2n) is 4.38. The highest BCUT2D eigenvalue weighted by Crippen LogP contribution is 2.40. The Hall–Kier alpha value is -0.120. The zero-order valence-electron chi connectivity index (χ0n) is 7.61. The summed E-state index contributed by atoms with van der Waals surface area (Å²) in [6.07, 6.45) is 2.33. The first kappa shape index (κ1) is 8.48. The Bertz CT molecular complexity index is 170. The van der Waals surface area contributed by atoms with Crippen molar-refractivity contribution in [1.29, 1.82) is 0 Å². The van der Waals surface area contributed by atoms with E-state index < -0.39 is 0 Å². The van der Waals surface area contributed by atoms with Crippen molar-refractivity contribution in [2.24, 2.45) is 17.6 Å². The molecule has 2 rings (SSSR count). The van der Waals surface area contributed by atoms with Crippen LogP contribution in [0.25, 0.3) is 0 Å². The topological polar surface area (TPSA) is 49.5 Å². The summed E-state index contributed by atoms with van der Waals surface area (Å²) in [6.45, 7) is 1.86. The van der Waals surface area contributed by atoms with Crippen molar-refractivity contribution in [2.45, 2.75) is 25.0 Å². The van der Waals surface area contributed by atoms with Crippen LogP contribution in [-0.2, 0) is 0 Å². The maximum Gasteiger partial charge on any atom is 0.0746 e. The van der Waals surface area contributed by atoms with Crippen LogP contribution in [0.1, 0.15) is 12.8 Å². The average Bonchev–Trinajstić information content (AvgIpc) is 2.79. The van der Waals surface area contributed by atoms with Crippen molar-refractivity contribution in [3.8, 4) is 0 Å². The Balaban J connectivity index is 2.00. The zero-order valence-corrected chi connectivity index (χ0v) is 7.61. The maximum atomic E-state index is 9.81. The summed E-state index contributed by atoms with van der Waals surface area (Å²) in [4.78, 5) is 2.24. The number of hydrogen-bond donors (Lipinski definition) is 2. The minimum atomic E-state index is -0.256. The molecular weight excluding hydrogens is 152 g/mol. The van der Waals surface area contributed by atoms with Gasteiger partial charge in [0.1, 0.15) is 0 Å². The van der Waals surface area contributed by atoms with Crippen molar-refractivity contribution in [3.63, 3.8) is 0 Å². The summed E-state index contributed by atoms with van der Waals surface area (Å²) in [6, 6.07) is -0.0330. The van der Waals surface area contributed by atoms with Crippen molar-refractivity contribution >= 4 is 0 Å².